The molecule has 3 aromatic heterocycles. The number of benzene rings is 1. The summed E-state index contributed by atoms with van der Waals surface area (Å²) in [5.41, 5.74) is 3.03. The largest absolute Gasteiger partial charge is 0.337 e. The first kappa shape index (κ1) is 12.3. The van der Waals surface area contributed by atoms with E-state index in [2.05, 4.69) is 39.7 Å². The van der Waals surface area contributed by atoms with Crippen molar-refractivity contribution < 1.29 is 0 Å². The molecule has 0 unspecified atom stereocenters. The van der Waals surface area contributed by atoms with E-state index < -0.39 is 0 Å². The van der Waals surface area contributed by atoms with Gasteiger partial charge in [-0.05, 0) is 35.9 Å². The second kappa shape index (κ2) is 4.56. The minimum atomic E-state index is -0.0564. The Balaban J connectivity index is 1.86. The van der Waals surface area contributed by atoms with Gasteiger partial charge in [0.1, 0.15) is 10.5 Å². The van der Waals surface area contributed by atoms with Crippen LogP contribution in [0.5, 0.6) is 0 Å². The topological polar surface area (TPSA) is 50.7 Å². The average Bonchev–Trinajstić information content (AvgIpc) is 3.05. The summed E-state index contributed by atoms with van der Waals surface area (Å²) in [7, 11) is 0. The molecule has 1 N–H and O–H groups in total. The molecule has 4 aromatic rings. The van der Waals surface area contributed by atoms with Crippen LogP contribution in [0.25, 0.3) is 21.1 Å². The van der Waals surface area contributed by atoms with E-state index in [0.717, 1.165) is 16.7 Å². The number of hydrogen-bond donors (Lipinski definition) is 1. The smallest absolute Gasteiger partial charge is 0.268 e. The quantitative estimate of drug-likeness (QED) is 0.617. The lowest BCUT2D eigenvalue weighted by Gasteiger charge is -2.07. The molecular formula is C16H13N3OS. The second-order valence-corrected chi connectivity index (χ2v) is 5.99. The highest BCUT2D eigenvalue weighted by atomic mass is 32.1. The van der Waals surface area contributed by atoms with Gasteiger partial charge in [0.2, 0.25) is 0 Å². The van der Waals surface area contributed by atoms with Crippen LogP contribution in [0.2, 0.25) is 0 Å². The van der Waals surface area contributed by atoms with Crippen molar-refractivity contribution in [1.82, 2.24) is 14.5 Å². The lowest BCUT2D eigenvalue weighted by Crippen LogP contribution is -2.13. The molecule has 21 heavy (non-hydrogen) atoms. The summed E-state index contributed by atoms with van der Waals surface area (Å²) in [6.07, 6.45) is 0. The van der Waals surface area contributed by atoms with Gasteiger partial charge in [0, 0.05) is 11.2 Å². The van der Waals surface area contributed by atoms with E-state index >= 15 is 0 Å². The summed E-state index contributed by atoms with van der Waals surface area (Å²) < 4.78 is 2.86. The molecule has 0 spiro atoms. The first-order valence-electron chi connectivity index (χ1n) is 6.73. The van der Waals surface area contributed by atoms with Gasteiger partial charge < -0.3 is 9.55 Å². The number of aryl methyl sites for hydroxylation is 1. The fraction of sp³-hybridized carbons (Fsp3) is 0.125. The molecule has 0 fully saturated rings. The third-order valence-corrected chi connectivity index (χ3v) is 4.59. The molecule has 0 atom stereocenters. The molecule has 0 saturated carbocycles. The van der Waals surface area contributed by atoms with Crippen LogP contribution in [-0.2, 0) is 6.54 Å². The molecule has 3 heterocycles. The number of aromatic nitrogens is 3. The molecule has 4 nitrogen and oxygen atoms in total. The minimum Gasteiger partial charge on any atom is -0.337 e. The van der Waals surface area contributed by atoms with Crippen LogP contribution >= 0.6 is 11.3 Å². The van der Waals surface area contributed by atoms with E-state index in [1.165, 1.54) is 16.7 Å². The molecule has 1 aromatic carbocycles. The Morgan fingerprint density at radius 1 is 1.29 bits per heavy atom. The van der Waals surface area contributed by atoms with Gasteiger partial charge in [0.25, 0.3) is 5.56 Å². The maximum absolute atomic E-state index is 12.0. The number of fused-ring (bicyclic) bond motifs is 2. The van der Waals surface area contributed by atoms with Crippen molar-refractivity contribution in [1.29, 1.82) is 0 Å². The molecule has 0 aliphatic rings. The number of nitrogens with one attached hydrogen (secondary N) is 1. The Hall–Kier alpha value is -2.40. The van der Waals surface area contributed by atoms with Crippen molar-refractivity contribution in [2.45, 2.75) is 13.5 Å². The van der Waals surface area contributed by atoms with Gasteiger partial charge in [-0.2, -0.15) is 0 Å². The maximum atomic E-state index is 12.0. The van der Waals surface area contributed by atoms with Crippen LogP contribution in [0.1, 0.15) is 11.5 Å². The van der Waals surface area contributed by atoms with E-state index in [9.17, 15) is 4.79 Å². The van der Waals surface area contributed by atoms with Crippen LogP contribution in [0, 0.1) is 6.92 Å². The summed E-state index contributed by atoms with van der Waals surface area (Å²) in [6, 6.07) is 12.3. The van der Waals surface area contributed by atoms with E-state index in [0.29, 0.717) is 17.1 Å². The predicted molar refractivity (Wildman–Crippen MR) is 86.0 cm³/mol. The SMILES string of the molecule is Cc1cc2ccccc2n1Cc1nc2ccsc2c(=O)[nH]1. The van der Waals surface area contributed by atoms with Crippen molar-refractivity contribution in [3.05, 3.63) is 63.7 Å². The third kappa shape index (κ3) is 1.97. The number of rotatable bonds is 2. The summed E-state index contributed by atoms with van der Waals surface area (Å²) in [5.74, 6) is 0.690. The molecule has 0 saturated heterocycles. The van der Waals surface area contributed by atoms with Gasteiger partial charge in [-0.25, -0.2) is 4.98 Å². The second-order valence-electron chi connectivity index (χ2n) is 5.08. The Morgan fingerprint density at radius 2 is 2.14 bits per heavy atom. The highest BCUT2D eigenvalue weighted by molar-refractivity contribution is 7.17. The lowest BCUT2D eigenvalue weighted by molar-refractivity contribution is 0.752. The maximum Gasteiger partial charge on any atom is 0.268 e. The fourth-order valence-electron chi connectivity index (χ4n) is 2.70. The van der Waals surface area contributed by atoms with Gasteiger partial charge in [0.15, 0.2) is 0 Å². The number of nitrogens with zero attached hydrogens (tertiary/aromatic N) is 2. The summed E-state index contributed by atoms with van der Waals surface area (Å²) in [4.78, 5) is 19.5. The molecule has 0 bridgehead atoms. The Kier molecular flexibility index (Phi) is 2.68. The van der Waals surface area contributed by atoms with Crippen molar-refractivity contribution in [3.8, 4) is 0 Å². The number of para-hydroxylation sites is 1. The van der Waals surface area contributed by atoms with Gasteiger partial charge in [-0.15, -0.1) is 11.3 Å². The predicted octanol–water partition coefficient (Wildman–Crippen LogP) is 3.30. The minimum absolute atomic E-state index is 0.0564. The van der Waals surface area contributed by atoms with Crippen LogP contribution in [0.15, 0.2) is 46.6 Å². The molecule has 4 rings (SSSR count). The van der Waals surface area contributed by atoms with E-state index in [4.69, 9.17) is 0 Å². The number of hydrogen-bond acceptors (Lipinski definition) is 3. The zero-order chi connectivity index (χ0) is 14.4. The molecule has 0 radical (unpaired) electrons. The normalized spacial score (nSPS) is 11.5. The molecule has 0 aliphatic carbocycles. The van der Waals surface area contributed by atoms with Crippen molar-refractivity contribution in [2.24, 2.45) is 0 Å². The first-order valence-corrected chi connectivity index (χ1v) is 7.61. The summed E-state index contributed by atoms with van der Waals surface area (Å²) in [5, 5.41) is 3.10. The van der Waals surface area contributed by atoms with Crippen LogP contribution in [0.4, 0.5) is 0 Å². The Bertz CT molecular complexity index is 1010. The van der Waals surface area contributed by atoms with E-state index in [1.54, 1.807) is 0 Å². The lowest BCUT2D eigenvalue weighted by atomic mass is 10.2. The average molecular weight is 295 g/mol. The van der Waals surface area contributed by atoms with Crippen molar-refractivity contribution >= 4 is 32.5 Å². The highest BCUT2D eigenvalue weighted by Crippen LogP contribution is 2.20. The Morgan fingerprint density at radius 3 is 3.05 bits per heavy atom. The zero-order valence-corrected chi connectivity index (χ0v) is 12.3. The number of thiophene rings is 1. The van der Waals surface area contributed by atoms with Crippen LogP contribution < -0.4 is 5.56 Å². The number of aromatic amines is 1. The van der Waals surface area contributed by atoms with Gasteiger partial charge in [-0.3, -0.25) is 4.79 Å². The standard InChI is InChI=1S/C16H13N3OS/c1-10-8-11-4-2-3-5-13(11)19(10)9-14-17-12-6-7-21-15(12)16(20)18-14/h2-8H,9H2,1H3,(H,17,18,20). The van der Waals surface area contributed by atoms with Crippen molar-refractivity contribution in [2.75, 3.05) is 0 Å². The molecule has 5 heteroatoms. The molecular weight excluding hydrogens is 282 g/mol. The summed E-state index contributed by atoms with van der Waals surface area (Å²) >= 11 is 1.42. The monoisotopic (exact) mass is 295 g/mol. The third-order valence-electron chi connectivity index (χ3n) is 3.69. The van der Waals surface area contributed by atoms with E-state index in [1.807, 2.05) is 23.6 Å². The Labute approximate surface area is 124 Å². The first-order chi connectivity index (χ1) is 10.2. The fourth-order valence-corrected chi connectivity index (χ4v) is 3.43. The molecule has 104 valence electrons. The van der Waals surface area contributed by atoms with Crippen LogP contribution in [-0.4, -0.2) is 14.5 Å². The molecule has 0 aliphatic heterocycles. The highest BCUT2D eigenvalue weighted by Gasteiger charge is 2.09. The van der Waals surface area contributed by atoms with Gasteiger partial charge >= 0.3 is 0 Å². The van der Waals surface area contributed by atoms with Crippen molar-refractivity contribution in [3.63, 3.8) is 0 Å². The number of H-pyrrole nitrogens is 1. The van der Waals surface area contributed by atoms with Gasteiger partial charge in [0.05, 0.1) is 12.1 Å². The summed E-state index contributed by atoms with van der Waals surface area (Å²) in [6.45, 7) is 2.64. The van der Waals surface area contributed by atoms with E-state index in [-0.39, 0.29) is 5.56 Å². The van der Waals surface area contributed by atoms with Crippen LogP contribution in [0.3, 0.4) is 0 Å². The zero-order valence-electron chi connectivity index (χ0n) is 11.5. The van der Waals surface area contributed by atoms with Gasteiger partial charge in [-0.1, -0.05) is 18.2 Å². The molecule has 0 amide bonds.